The van der Waals surface area contributed by atoms with Crippen molar-refractivity contribution in [1.29, 1.82) is 0 Å². The molecule has 0 unspecified atom stereocenters. The lowest BCUT2D eigenvalue weighted by Crippen LogP contribution is -2.24. The van der Waals surface area contributed by atoms with Crippen molar-refractivity contribution >= 4 is 34.4 Å². The van der Waals surface area contributed by atoms with E-state index in [-0.39, 0.29) is 35.1 Å². The molecule has 1 amide bonds. The molecule has 23 heavy (non-hydrogen) atoms. The Morgan fingerprint density at radius 2 is 1.96 bits per heavy atom. The standard InChI is InChI=1S/C17H10ClNO4/c18-13-3-1-2-12-14(21)7-15(23-16(12)13)19-8-9-6-10(20)4-5-11(9)17(19)22/h1-7,20H,8H2. The van der Waals surface area contributed by atoms with Gasteiger partial charge in [-0.3, -0.25) is 14.5 Å². The van der Waals surface area contributed by atoms with E-state index in [0.717, 1.165) is 0 Å². The van der Waals surface area contributed by atoms with E-state index >= 15 is 0 Å². The smallest absolute Gasteiger partial charge is 0.261 e. The Bertz CT molecular complexity index is 1020. The summed E-state index contributed by atoms with van der Waals surface area (Å²) in [5, 5.41) is 10.2. The molecule has 0 fully saturated rings. The molecule has 1 aliphatic rings. The number of carbonyl (C=O) groups excluding carboxylic acids is 1. The second-order valence-electron chi connectivity index (χ2n) is 5.30. The molecule has 5 nitrogen and oxygen atoms in total. The van der Waals surface area contributed by atoms with Gasteiger partial charge in [-0.25, -0.2) is 0 Å². The molecule has 0 aliphatic carbocycles. The molecule has 6 heteroatoms. The molecule has 0 radical (unpaired) electrons. The molecule has 4 rings (SSSR count). The molecule has 1 aliphatic heterocycles. The van der Waals surface area contributed by atoms with Gasteiger partial charge in [-0.1, -0.05) is 17.7 Å². The Kier molecular flexibility index (Phi) is 2.92. The first-order valence-electron chi connectivity index (χ1n) is 6.91. The van der Waals surface area contributed by atoms with Crippen LogP contribution in [0.15, 0.2) is 51.7 Å². The van der Waals surface area contributed by atoms with Gasteiger partial charge in [-0.05, 0) is 35.9 Å². The van der Waals surface area contributed by atoms with Gasteiger partial charge < -0.3 is 9.52 Å². The molecule has 2 aromatic carbocycles. The molecule has 1 aromatic heterocycles. The summed E-state index contributed by atoms with van der Waals surface area (Å²) in [6.45, 7) is 0.224. The second-order valence-corrected chi connectivity index (χ2v) is 5.71. The van der Waals surface area contributed by atoms with Crippen LogP contribution in [0.4, 0.5) is 5.88 Å². The molecule has 0 saturated carbocycles. The minimum absolute atomic E-state index is 0.0846. The van der Waals surface area contributed by atoms with E-state index in [1.54, 1.807) is 24.3 Å². The normalized spacial score (nSPS) is 13.6. The van der Waals surface area contributed by atoms with Crippen LogP contribution in [0.2, 0.25) is 5.02 Å². The number of hydrogen-bond acceptors (Lipinski definition) is 4. The Morgan fingerprint density at radius 1 is 1.13 bits per heavy atom. The van der Waals surface area contributed by atoms with Crippen LogP contribution in [0.1, 0.15) is 15.9 Å². The van der Waals surface area contributed by atoms with Crippen molar-refractivity contribution in [2.75, 3.05) is 4.90 Å². The van der Waals surface area contributed by atoms with Crippen LogP contribution < -0.4 is 10.3 Å². The van der Waals surface area contributed by atoms with E-state index in [0.29, 0.717) is 21.5 Å². The van der Waals surface area contributed by atoms with Crippen LogP contribution in [0.5, 0.6) is 5.75 Å². The summed E-state index contributed by atoms with van der Waals surface area (Å²) < 4.78 is 5.70. The molecule has 114 valence electrons. The van der Waals surface area contributed by atoms with E-state index in [2.05, 4.69) is 0 Å². The van der Waals surface area contributed by atoms with Crippen LogP contribution in [-0.4, -0.2) is 11.0 Å². The number of benzene rings is 2. The topological polar surface area (TPSA) is 70.8 Å². The molecule has 0 bridgehead atoms. The van der Waals surface area contributed by atoms with Gasteiger partial charge in [-0.2, -0.15) is 0 Å². The van der Waals surface area contributed by atoms with Crippen LogP contribution in [0.25, 0.3) is 11.0 Å². The van der Waals surface area contributed by atoms with Gasteiger partial charge >= 0.3 is 0 Å². The van der Waals surface area contributed by atoms with Crippen molar-refractivity contribution in [3.63, 3.8) is 0 Å². The Labute approximate surface area is 135 Å². The highest BCUT2D eigenvalue weighted by atomic mass is 35.5. The molecule has 0 spiro atoms. The molecule has 3 aromatic rings. The molecular formula is C17H10ClNO4. The quantitative estimate of drug-likeness (QED) is 0.744. The molecular weight excluding hydrogens is 318 g/mol. The minimum atomic E-state index is -0.283. The second kappa shape index (κ2) is 4.86. The van der Waals surface area contributed by atoms with Gasteiger partial charge in [0.1, 0.15) is 5.75 Å². The van der Waals surface area contributed by atoms with E-state index in [9.17, 15) is 14.7 Å². The summed E-state index contributed by atoms with van der Waals surface area (Å²) in [5.74, 6) is -0.0627. The monoisotopic (exact) mass is 327 g/mol. The van der Waals surface area contributed by atoms with E-state index in [4.69, 9.17) is 16.0 Å². The largest absolute Gasteiger partial charge is 0.508 e. The first-order valence-corrected chi connectivity index (χ1v) is 7.28. The number of anilines is 1. The highest BCUT2D eigenvalue weighted by Gasteiger charge is 2.30. The third kappa shape index (κ3) is 2.09. The molecule has 2 heterocycles. The number of fused-ring (bicyclic) bond motifs is 2. The molecule has 1 N–H and O–H groups in total. The first-order chi connectivity index (χ1) is 11.0. The number of carbonyl (C=O) groups is 1. The fourth-order valence-electron chi connectivity index (χ4n) is 2.75. The van der Waals surface area contributed by atoms with Crippen molar-refractivity contribution in [2.45, 2.75) is 6.54 Å². The molecule has 0 saturated heterocycles. The predicted octanol–water partition coefficient (Wildman–Crippen LogP) is 3.31. The first kappa shape index (κ1) is 13.8. The average Bonchev–Trinajstić information content (AvgIpc) is 2.84. The van der Waals surface area contributed by atoms with E-state index in [1.807, 2.05) is 0 Å². The number of rotatable bonds is 1. The van der Waals surface area contributed by atoms with Crippen molar-refractivity contribution < 1.29 is 14.3 Å². The predicted molar refractivity (Wildman–Crippen MR) is 86.1 cm³/mol. The third-order valence-corrected chi connectivity index (χ3v) is 4.15. The van der Waals surface area contributed by atoms with Gasteiger partial charge in [0.15, 0.2) is 11.0 Å². The SMILES string of the molecule is O=C1c2ccc(O)cc2CN1c1cc(=O)c2cccc(Cl)c2o1. The third-order valence-electron chi connectivity index (χ3n) is 3.85. The number of phenols is 1. The highest BCUT2D eigenvalue weighted by Crippen LogP contribution is 2.32. The maximum Gasteiger partial charge on any atom is 0.261 e. The van der Waals surface area contributed by atoms with Crippen molar-refractivity contribution in [3.05, 3.63) is 68.8 Å². The van der Waals surface area contributed by atoms with Gasteiger partial charge in [0, 0.05) is 11.6 Å². The zero-order valence-electron chi connectivity index (χ0n) is 11.7. The summed E-state index contributed by atoms with van der Waals surface area (Å²) in [4.78, 5) is 26.1. The van der Waals surface area contributed by atoms with Crippen molar-refractivity contribution in [1.82, 2.24) is 0 Å². The van der Waals surface area contributed by atoms with E-state index < -0.39 is 0 Å². The Hall–Kier alpha value is -2.79. The van der Waals surface area contributed by atoms with Crippen LogP contribution in [0, 0.1) is 0 Å². The fraction of sp³-hybridized carbons (Fsp3) is 0.0588. The number of para-hydroxylation sites is 1. The average molecular weight is 328 g/mol. The van der Waals surface area contributed by atoms with E-state index in [1.165, 1.54) is 23.1 Å². The van der Waals surface area contributed by atoms with Gasteiger partial charge in [0.05, 0.1) is 17.0 Å². The minimum Gasteiger partial charge on any atom is -0.508 e. The zero-order chi connectivity index (χ0) is 16.1. The maximum absolute atomic E-state index is 12.5. The van der Waals surface area contributed by atoms with Crippen molar-refractivity contribution in [2.24, 2.45) is 0 Å². The highest BCUT2D eigenvalue weighted by molar-refractivity contribution is 6.34. The maximum atomic E-state index is 12.5. The van der Waals surface area contributed by atoms with Gasteiger partial charge in [0.2, 0.25) is 5.88 Å². The fourth-order valence-corrected chi connectivity index (χ4v) is 2.96. The Morgan fingerprint density at radius 3 is 2.78 bits per heavy atom. The van der Waals surface area contributed by atoms with Gasteiger partial charge in [0.25, 0.3) is 5.91 Å². The number of phenolic OH excluding ortho intramolecular Hbond substituents is 1. The number of hydrogen-bond donors (Lipinski definition) is 1. The number of halogens is 1. The lowest BCUT2D eigenvalue weighted by Gasteiger charge is -2.14. The Balaban J connectivity index is 1.87. The lowest BCUT2D eigenvalue weighted by atomic mass is 10.1. The number of nitrogens with zero attached hydrogens (tertiary/aromatic N) is 1. The number of amides is 1. The molecule has 0 atom stereocenters. The van der Waals surface area contributed by atoms with Crippen LogP contribution in [0.3, 0.4) is 0 Å². The summed E-state index contributed by atoms with van der Waals surface area (Å²) in [6.07, 6.45) is 0. The van der Waals surface area contributed by atoms with Gasteiger partial charge in [-0.15, -0.1) is 0 Å². The summed E-state index contributed by atoms with van der Waals surface area (Å²) in [5.41, 5.74) is 1.14. The summed E-state index contributed by atoms with van der Waals surface area (Å²) >= 11 is 6.08. The zero-order valence-corrected chi connectivity index (χ0v) is 12.5. The van der Waals surface area contributed by atoms with Crippen molar-refractivity contribution in [3.8, 4) is 5.75 Å². The summed E-state index contributed by atoms with van der Waals surface area (Å²) in [6, 6.07) is 10.7. The van der Waals surface area contributed by atoms with Crippen LogP contribution in [-0.2, 0) is 6.54 Å². The number of aromatic hydroxyl groups is 1. The van der Waals surface area contributed by atoms with Crippen LogP contribution >= 0.6 is 11.6 Å². The lowest BCUT2D eigenvalue weighted by molar-refractivity contribution is 0.0992. The summed E-state index contributed by atoms with van der Waals surface area (Å²) in [7, 11) is 0.